The fourth-order valence-corrected chi connectivity index (χ4v) is 3.13. The molecule has 0 saturated heterocycles. The number of aromatic nitrogens is 1. The molecule has 23 heavy (non-hydrogen) atoms. The van der Waals surface area contributed by atoms with E-state index in [0.717, 1.165) is 12.1 Å². The quantitative estimate of drug-likeness (QED) is 0.874. The maximum atomic E-state index is 13.0. The van der Waals surface area contributed by atoms with Gasteiger partial charge in [0.15, 0.2) is 5.82 Å². The van der Waals surface area contributed by atoms with Crippen LogP contribution in [0.4, 0.5) is 19.0 Å². The van der Waals surface area contributed by atoms with Crippen molar-refractivity contribution in [2.75, 3.05) is 4.72 Å². The number of nitrogens with zero attached hydrogens (tertiary/aromatic N) is 1. The first-order valence-corrected chi connectivity index (χ1v) is 8.23. The van der Waals surface area contributed by atoms with E-state index >= 15 is 0 Å². The molecule has 0 radical (unpaired) electrons. The second-order valence-electron chi connectivity index (χ2n) is 5.01. The SMILES string of the molecule is CC(C)c1cc(NS(=O)(=O)c2ccc(Cl)cc2C(F)(F)F)no1. The van der Waals surface area contributed by atoms with Crippen molar-refractivity contribution in [3.05, 3.63) is 40.6 Å². The number of benzene rings is 1. The van der Waals surface area contributed by atoms with Gasteiger partial charge in [0.05, 0.1) is 10.5 Å². The van der Waals surface area contributed by atoms with Crippen molar-refractivity contribution in [3.8, 4) is 0 Å². The monoisotopic (exact) mass is 368 g/mol. The highest BCUT2D eigenvalue weighted by Crippen LogP contribution is 2.36. The average molecular weight is 369 g/mol. The number of sulfonamides is 1. The number of halogens is 4. The van der Waals surface area contributed by atoms with Crippen LogP contribution >= 0.6 is 11.6 Å². The van der Waals surface area contributed by atoms with Crippen molar-refractivity contribution in [2.45, 2.75) is 30.8 Å². The fraction of sp³-hybridized carbons (Fsp3) is 0.308. The van der Waals surface area contributed by atoms with Crippen LogP contribution in [0.1, 0.15) is 31.1 Å². The number of hydrogen-bond acceptors (Lipinski definition) is 4. The van der Waals surface area contributed by atoms with E-state index in [1.165, 1.54) is 6.07 Å². The molecule has 0 unspecified atom stereocenters. The number of nitrogens with one attached hydrogen (secondary N) is 1. The van der Waals surface area contributed by atoms with Gasteiger partial charge in [0.25, 0.3) is 10.0 Å². The van der Waals surface area contributed by atoms with Gasteiger partial charge in [-0.1, -0.05) is 30.6 Å². The van der Waals surface area contributed by atoms with E-state index in [9.17, 15) is 21.6 Å². The standard InChI is InChI=1S/C13H12ClF3N2O3S/c1-7(2)10-6-12(18-22-10)19-23(20,21)11-4-3-8(14)5-9(11)13(15,16)17/h3-7H,1-2H3,(H,18,19). The first-order chi connectivity index (χ1) is 10.5. The fourth-order valence-electron chi connectivity index (χ4n) is 1.76. The average Bonchev–Trinajstić information content (AvgIpc) is 2.85. The van der Waals surface area contributed by atoms with E-state index in [1.807, 2.05) is 4.72 Å². The maximum Gasteiger partial charge on any atom is 0.417 e. The molecule has 0 fully saturated rings. The summed E-state index contributed by atoms with van der Waals surface area (Å²) >= 11 is 5.53. The molecule has 1 N–H and O–H groups in total. The highest BCUT2D eigenvalue weighted by Gasteiger charge is 2.37. The Labute approximate surface area is 135 Å². The molecule has 0 aliphatic heterocycles. The Balaban J connectivity index is 2.43. The predicted molar refractivity (Wildman–Crippen MR) is 77.9 cm³/mol. The molecule has 0 aliphatic carbocycles. The summed E-state index contributed by atoms with van der Waals surface area (Å²) in [6, 6.07) is 3.72. The molecular formula is C13H12ClF3N2O3S. The number of rotatable bonds is 4. The summed E-state index contributed by atoms with van der Waals surface area (Å²) in [5, 5.41) is 3.26. The van der Waals surface area contributed by atoms with Crippen molar-refractivity contribution >= 4 is 27.4 Å². The molecule has 0 atom stereocenters. The van der Waals surface area contributed by atoms with Gasteiger partial charge < -0.3 is 4.52 Å². The van der Waals surface area contributed by atoms with E-state index in [-0.39, 0.29) is 16.8 Å². The molecule has 10 heteroatoms. The van der Waals surface area contributed by atoms with E-state index < -0.39 is 26.7 Å². The van der Waals surface area contributed by atoms with Crippen LogP contribution in [0.2, 0.25) is 5.02 Å². The molecule has 2 rings (SSSR count). The lowest BCUT2D eigenvalue weighted by molar-refractivity contribution is -0.139. The normalized spacial score (nSPS) is 12.7. The summed E-state index contributed by atoms with van der Waals surface area (Å²) < 4.78 is 70.4. The smallest absolute Gasteiger partial charge is 0.359 e. The van der Waals surface area contributed by atoms with Gasteiger partial charge in [0, 0.05) is 17.0 Å². The molecule has 0 aliphatic rings. The van der Waals surface area contributed by atoms with Crippen LogP contribution in [0.15, 0.2) is 33.7 Å². The maximum absolute atomic E-state index is 13.0. The van der Waals surface area contributed by atoms with E-state index in [4.69, 9.17) is 16.1 Å². The van der Waals surface area contributed by atoms with Gasteiger partial charge in [-0.2, -0.15) is 13.2 Å². The molecule has 0 amide bonds. The summed E-state index contributed by atoms with van der Waals surface area (Å²) in [4.78, 5) is -0.941. The van der Waals surface area contributed by atoms with Crippen LogP contribution in [0.3, 0.4) is 0 Å². The molecular weight excluding hydrogens is 357 g/mol. The summed E-state index contributed by atoms with van der Waals surface area (Å²) in [5.74, 6) is 0.147. The molecule has 0 saturated carbocycles. The third kappa shape index (κ3) is 3.97. The zero-order valence-electron chi connectivity index (χ0n) is 12.0. The minimum Gasteiger partial charge on any atom is -0.359 e. The van der Waals surface area contributed by atoms with E-state index in [1.54, 1.807) is 13.8 Å². The van der Waals surface area contributed by atoms with Gasteiger partial charge >= 0.3 is 6.18 Å². The summed E-state index contributed by atoms with van der Waals surface area (Å²) in [7, 11) is -4.51. The second-order valence-corrected chi connectivity index (χ2v) is 7.10. The lowest BCUT2D eigenvalue weighted by Crippen LogP contribution is -2.19. The van der Waals surface area contributed by atoms with E-state index in [0.29, 0.717) is 11.8 Å². The lowest BCUT2D eigenvalue weighted by atomic mass is 10.2. The Morgan fingerprint density at radius 3 is 2.43 bits per heavy atom. The Hall–Kier alpha value is -1.74. The van der Waals surface area contributed by atoms with Gasteiger partial charge in [0.1, 0.15) is 5.76 Å². The Morgan fingerprint density at radius 2 is 1.91 bits per heavy atom. The Kier molecular flexibility index (Phi) is 4.63. The first-order valence-electron chi connectivity index (χ1n) is 6.37. The van der Waals surface area contributed by atoms with Crippen molar-refractivity contribution in [3.63, 3.8) is 0 Å². The second kappa shape index (κ2) is 6.04. The molecule has 2 aromatic rings. The van der Waals surface area contributed by atoms with Crippen LogP contribution in [-0.4, -0.2) is 13.6 Å². The van der Waals surface area contributed by atoms with Crippen LogP contribution < -0.4 is 4.72 Å². The van der Waals surface area contributed by atoms with Crippen molar-refractivity contribution in [2.24, 2.45) is 0 Å². The molecule has 5 nitrogen and oxygen atoms in total. The molecule has 126 valence electrons. The Bertz CT molecular complexity index is 816. The van der Waals surface area contributed by atoms with Gasteiger partial charge in [-0.15, -0.1) is 0 Å². The first kappa shape index (κ1) is 17.6. The minimum absolute atomic E-state index is 0.0537. The van der Waals surface area contributed by atoms with E-state index in [2.05, 4.69) is 5.16 Å². The number of alkyl halides is 3. The van der Waals surface area contributed by atoms with Gasteiger partial charge in [-0.05, 0) is 18.2 Å². The molecule has 0 spiro atoms. The van der Waals surface area contributed by atoms with Gasteiger partial charge in [0.2, 0.25) is 0 Å². The topological polar surface area (TPSA) is 72.2 Å². The van der Waals surface area contributed by atoms with Gasteiger partial charge in [-0.25, -0.2) is 8.42 Å². The van der Waals surface area contributed by atoms with Gasteiger partial charge in [-0.3, -0.25) is 4.72 Å². The van der Waals surface area contributed by atoms with Crippen molar-refractivity contribution < 1.29 is 26.1 Å². The number of hydrogen-bond donors (Lipinski definition) is 1. The highest BCUT2D eigenvalue weighted by atomic mass is 35.5. The molecule has 1 aromatic carbocycles. The molecule has 0 bridgehead atoms. The zero-order chi connectivity index (χ0) is 17.4. The number of anilines is 1. The molecule has 1 aromatic heterocycles. The van der Waals surface area contributed by atoms with Crippen molar-refractivity contribution in [1.29, 1.82) is 0 Å². The zero-order valence-corrected chi connectivity index (χ0v) is 13.6. The minimum atomic E-state index is -4.87. The predicted octanol–water partition coefficient (Wildman–Crippen LogP) is 4.27. The largest absolute Gasteiger partial charge is 0.417 e. The summed E-state index contributed by atoms with van der Waals surface area (Å²) in [6.45, 7) is 3.58. The van der Waals surface area contributed by atoms with Crippen LogP contribution in [0, 0.1) is 0 Å². The molecule has 1 heterocycles. The third-order valence-electron chi connectivity index (χ3n) is 2.87. The summed E-state index contributed by atoms with van der Waals surface area (Å²) in [5.41, 5.74) is -1.36. The van der Waals surface area contributed by atoms with Crippen LogP contribution in [0.25, 0.3) is 0 Å². The third-order valence-corrected chi connectivity index (χ3v) is 4.52. The summed E-state index contributed by atoms with van der Waals surface area (Å²) in [6.07, 6.45) is -4.87. The van der Waals surface area contributed by atoms with Crippen LogP contribution in [-0.2, 0) is 16.2 Å². The Morgan fingerprint density at radius 1 is 1.26 bits per heavy atom. The van der Waals surface area contributed by atoms with Crippen LogP contribution in [0.5, 0.6) is 0 Å². The highest BCUT2D eigenvalue weighted by molar-refractivity contribution is 7.92. The van der Waals surface area contributed by atoms with Crippen molar-refractivity contribution in [1.82, 2.24) is 5.16 Å². The lowest BCUT2D eigenvalue weighted by Gasteiger charge is -2.13.